The second kappa shape index (κ2) is 5.61. The molecular formula is C19H23B5O2. The first-order valence-electron chi connectivity index (χ1n) is 9.78. The molecule has 0 aromatic heterocycles. The third-order valence-electron chi connectivity index (χ3n) is 8.22. The molecule has 0 aliphatic heterocycles. The fraction of sp³-hybridized carbons (Fsp3) is 0.842. The minimum atomic E-state index is -1.47. The first-order chi connectivity index (χ1) is 11.9. The summed E-state index contributed by atoms with van der Waals surface area (Å²) >= 11 is 0. The number of aliphatic hydroxyl groups excluding tert-OH is 1. The summed E-state index contributed by atoms with van der Waals surface area (Å²) in [5, 5.41) is 8.04. The van der Waals surface area contributed by atoms with Gasteiger partial charge in [-0.25, -0.2) is 0 Å². The van der Waals surface area contributed by atoms with Crippen LogP contribution in [0.3, 0.4) is 0 Å². The van der Waals surface area contributed by atoms with Crippen LogP contribution in [0.2, 0.25) is 10.4 Å². The van der Waals surface area contributed by atoms with Crippen LogP contribution in [0, 0.1) is 35.0 Å². The van der Waals surface area contributed by atoms with Crippen molar-refractivity contribution < 1.29 is 9.90 Å². The standard InChI is InChI=1S/C19H23B5O2/c1-8-5-17(2)11(3-4-12(17)25)9-6-18(21,22)14-10(13(8)9)7-19(23,24)16(26)15(14)20/h8-13,25H,3-7H2,1-2H3. The zero-order valence-corrected chi connectivity index (χ0v) is 15.7. The van der Waals surface area contributed by atoms with Crippen molar-refractivity contribution in [3.63, 3.8) is 0 Å². The van der Waals surface area contributed by atoms with Gasteiger partial charge in [0.25, 0.3) is 0 Å². The Bertz CT molecular complexity index is 687. The molecule has 0 bridgehead atoms. The molecule has 0 saturated heterocycles. The molecule has 0 aromatic carbocycles. The molecule has 1 N–H and O–H groups in total. The summed E-state index contributed by atoms with van der Waals surface area (Å²) in [5.41, 5.74) is 0.627. The number of aliphatic hydroxyl groups is 1. The maximum atomic E-state index is 12.5. The Hall–Kier alpha value is -0.305. The molecular weight excluding hydrogens is 314 g/mol. The molecule has 26 heavy (non-hydrogen) atoms. The number of hydrogen-bond acceptors (Lipinski definition) is 2. The lowest BCUT2D eigenvalue weighted by Gasteiger charge is -2.62. The average molecular weight is 337 g/mol. The molecule has 4 aliphatic rings. The summed E-state index contributed by atoms with van der Waals surface area (Å²) < 4.78 is 0. The Kier molecular flexibility index (Phi) is 4.11. The highest BCUT2D eigenvalue weighted by molar-refractivity contribution is 6.58. The van der Waals surface area contributed by atoms with Gasteiger partial charge in [0, 0.05) is 0 Å². The average Bonchev–Trinajstić information content (AvgIpc) is 2.78. The SMILES string of the molecule is [B]C1=C2C(CC([B])([B])C1=O)C1C(C)CC3(C)C(O)CCC3C1CC2([B])[B]. The molecule has 4 rings (SSSR count). The Labute approximate surface area is 163 Å². The van der Waals surface area contributed by atoms with Gasteiger partial charge in [0.15, 0.2) is 0 Å². The maximum Gasteiger partial charge on any atom is 0.137 e. The van der Waals surface area contributed by atoms with Crippen molar-refractivity contribution in [1.82, 2.24) is 0 Å². The van der Waals surface area contributed by atoms with E-state index in [1.807, 2.05) is 0 Å². The van der Waals surface area contributed by atoms with Crippen LogP contribution in [0.15, 0.2) is 11.0 Å². The summed E-state index contributed by atoms with van der Waals surface area (Å²) in [7, 11) is 31.5. The molecule has 4 aliphatic carbocycles. The van der Waals surface area contributed by atoms with Crippen LogP contribution in [0.1, 0.15) is 46.0 Å². The van der Waals surface area contributed by atoms with Gasteiger partial charge in [0.1, 0.15) is 13.6 Å². The summed E-state index contributed by atoms with van der Waals surface area (Å²) in [6, 6.07) is 0. The summed E-state index contributed by atoms with van der Waals surface area (Å²) in [6.45, 7) is 4.43. The van der Waals surface area contributed by atoms with Gasteiger partial charge in [-0.3, -0.25) is 4.79 Å². The number of carbonyl (C=O) groups is 1. The Balaban J connectivity index is 1.83. The molecule has 0 aromatic rings. The number of ketones is 1. The third kappa shape index (κ3) is 2.37. The molecule has 7 heteroatoms. The lowest BCUT2D eigenvalue weighted by Crippen LogP contribution is -2.55. The van der Waals surface area contributed by atoms with E-state index in [2.05, 4.69) is 13.8 Å². The fourth-order valence-electron chi connectivity index (χ4n) is 7.28. The molecule has 0 spiro atoms. The van der Waals surface area contributed by atoms with E-state index in [0.29, 0.717) is 30.3 Å². The quantitative estimate of drug-likeness (QED) is 0.678. The van der Waals surface area contributed by atoms with Crippen LogP contribution >= 0.6 is 0 Å². The lowest BCUT2D eigenvalue weighted by atomic mass is 9.31. The predicted octanol–water partition coefficient (Wildman–Crippen LogP) is 1.36. The highest BCUT2D eigenvalue weighted by atomic mass is 16.3. The minimum Gasteiger partial charge on any atom is -0.393 e. The monoisotopic (exact) mass is 338 g/mol. The second-order valence-corrected chi connectivity index (χ2v) is 9.88. The Morgan fingerprint density at radius 1 is 1.04 bits per heavy atom. The van der Waals surface area contributed by atoms with E-state index in [1.165, 1.54) is 0 Å². The zero-order chi connectivity index (χ0) is 19.2. The van der Waals surface area contributed by atoms with Crippen LogP contribution in [0.5, 0.6) is 0 Å². The van der Waals surface area contributed by atoms with Crippen molar-refractivity contribution in [3.8, 4) is 0 Å². The molecule has 7 atom stereocenters. The smallest absolute Gasteiger partial charge is 0.137 e. The van der Waals surface area contributed by atoms with Crippen LogP contribution < -0.4 is 0 Å². The van der Waals surface area contributed by atoms with Gasteiger partial charge in [0.2, 0.25) is 0 Å². The van der Waals surface area contributed by atoms with Crippen LogP contribution in [0.4, 0.5) is 0 Å². The van der Waals surface area contributed by atoms with Gasteiger partial charge in [0.05, 0.1) is 37.5 Å². The van der Waals surface area contributed by atoms with Gasteiger partial charge >= 0.3 is 0 Å². The molecule has 0 amide bonds. The van der Waals surface area contributed by atoms with E-state index in [-0.39, 0.29) is 34.7 Å². The Morgan fingerprint density at radius 3 is 2.35 bits per heavy atom. The summed E-state index contributed by atoms with van der Waals surface area (Å²) in [6.07, 6.45) is 3.39. The van der Waals surface area contributed by atoms with Gasteiger partial charge in [-0.2, -0.15) is 0 Å². The minimum absolute atomic E-state index is 0.0710. The number of fused-ring (bicyclic) bond motifs is 5. The van der Waals surface area contributed by atoms with Crippen molar-refractivity contribution in [1.29, 1.82) is 0 Å². The number of rotatable bonds is 0. The van der Waals surface area contributed by atoms with E-state index in [1.54, 1.807) is 0 Å². The fourth-order valence-corrected chi connectivity index (χ4v) is 7.28. The van der Waals surface area contributed by atoms with Crippen LogP contribution in [-0.4, -0.2) is 56.2 Å². The lowest BCUT2D eigenvalue weighted by molar-refractivity contribution is -0.118. The first-order valence-corrected chi connectivity index (χ1v) is 9.78. The predicted molar refractivity (Wildman–Crippen MR) is 107 cm³/mol. The van der Waals surface area contributed by atoms with Crippen molar-refractivity contribution in [2.45, 2.75) is 62.5 Å². The first kappa shape index (κ1) is 19.0. The van der Waals surface area contributed by atoms with Gasteiger partial charge < -0.3 is 5.11 Å². The molecule has 7 unspecified atom stereocenters. The number of allylic oxidation sites excluding steroid dienone is 1. The zero-order valence-electron chi connectivity index (χ0n) is 15.7. The molecule has 3 fully saturated rings. The largest absolute Gasteiger partial charge is 0.393 e. The van der Waals surface area contributed by atoms with E-state index < -0.39 is 16.2 Å². The normalized spacial score (nSPS) is 49.3. The molecule has 3 saturated carbocycles. The van der Waals surface area contributed by atoms with Gasteiger partial charge in [-0.15, -0.1) is 0 Å². The molecule has 2 nitrogen and oxygen atoms in total. The van der Waals surface area contributed by atoms with Crippen molar-refractivity contribution in [2.24, 2.45) is 35.0 Å². The van der Waals surface area contributed by atoms with Crippen molar-refractivity contribution in [3.05, 3.63) is 11.0 Å². The van der Waals surface area contributed by atoms with Gasteiger partial charge in [-0.1, -0.05) is 36.5 Å². The highest BCUT2D eigenvalue weighted by Crippen LogP contribution is 2.68. The van der Waals surface area contributed by atoms with Gasteiger partial charge in [-0.05, 0) is 65.9 Å². The number of carbonyl (C=O) groups excluding carboxylic acids is 1. The molecule has 126 valence electrons. The number of hydrogen-bond donors (Lipinski definition) is 1. The van der Waals surface area contributed by atoms with E-state index in [9.17, 15) is 9.90 Å². The molecule has 10 radical (unpaired) electrons. The Morgan fingerprint density at radius 2 is 1.69 bits per heavy atom. The second-order valence-electron chi connectivity index (χ2n) is 9.88. The summed E-state index contributed by atoms with van der Waals surface area (Å²) in [4.78, 5) is 12.5. The topological polar surface area (TPSA) is 37.3 Å². The van der Waals surface area contributed by atoms with E-state index in [4.69, 9.17) is 39.2 Å². The van der Waals surface area contributed by atoms with E-state index >= 15 is 0 Å². The van der Waals surface area contributed by atoms with Crippen molar-refractivity contribution >= 4 is 45.0 Å². The highest BCUT2D eigenvalue weighted by Gasteiger charge is 2.61. The van der Waals surface area contributed by atoms with E-state index in [0.717, 1.165) is 19.3 Å². The van der Waals surface area contributed by atoms with Crippen LogP contribution in [-0.2, 0) is 4.79 Å². The molecule has 0 heterocycles. The van der Waals surface area contributed by atoms with Crippen LogP contribution in [0.25, 0.3) is 0 Å². The number of Topliss-reactive ketones (excluding diaryl/α,β-unsaturated/α-hetero) is 1. The summed E-state index contributed by atoms with van der Waals surface area (Å²) in [5.74, 6) is 0.756. The third-order valence-corrected chi connectivity index (χ3v) is 8.22. The maximum absolute atomic E-state index is 12.5. The van der Waals surface area contributed by atoms with Crippen molar-refractivity contribution in [2.75, 3.05) is 0 Å².